The fraction of sp³-hybridized carbons (Fsp3) is 0.400. The smallest absolute Gasteiger partial charge is 0.387 e. The van der Waals surface area contributed by atoms with Crippen LogP contribution in [0.15, 0.2) is 24.3 Å². The van der Waals surface area contributed by atoms with Crippen LogP contribution in [-0.2, 0) is 4.74 Å². The van der Waals surface area contributed by atoms with Crippen molar-refractivity contribution in [2.24, 2.45) is 5.73 Å². The molecule has 1 aromatic rings. The molecular formula is C10H11F4NO2. The van der Waals surface area contributed by atoms with Gasteiger partial charge in [-0.3, -0.25) is 0 Å². The molecule has 96 valence electrons. The second kappa shape index (κ2) is 6.41. The first-order chi connectivity index (χ1) is 7.99. The Morgan fingerprint density at radius 2 is 1.82 bits per heavy atom. The number of benzene rings is 1. The summed E-state index contributed by atoms with van der Waals surface area (Å²) in [7, 11) is 0. The summed E-state index contributed by atoms with van der Waals surface area (Å²) in [6.07, 6.45) is 0. The molecule has 1 atom stereocenters. The first-order valence-corrected chi connectivity index (χ1v) is 4.69. The first-order valence-electron chi connectivity index (χ1n) is 4.69. The van der Waals surface area contributed by atoms with Crippen LogP contribution in [0.5, 0.6) is 5.75 Å². The molecule has 0 bridgehead atoms. The number of alkyl halides is 4. The van der Waals surface area contributed by atoms with E-state index in [4.69, 9.17) is 5.73 Å². The van der Waals surface area contributed by atoms with Gasteiger partial charge < -0.3 is 15.2 Å². The van der Waals surface area contributed by atoms with Crippen LogP contribution in [0.25, 0.3) is 0 Å². The summed E-state index contributed by atoms with van der Waals surface area (Å²) in [5.74, 6) is -0.0787. The van der Waals surface area contributed by atoms with Gasteiger partial charge in [0.2, 0.25) is 0 Å². The van der Waals surface area contributed by atoms with Gasteiger partial charge in [0.05, 0.1) is 12.6 Å². The van der Waals surface area contributed by atoms with E-state index < -0.39 is 25.9 Å². The van der Waals surface area contributed by atoms with Gasteiger partial charge in [-0.1, -0.05) is 12.1 Å². The Hall–Kier alpha value is -1.34. The molecule has 0 heterocycles. The number of nitrogens with two attached hydrogens (primary N) is 1. The molecule has 17 heavy (non-hydrogen) atoms. The van der Waals surface area contributed by atoms with E-state index in [0.717, 1.165) is 0 Å². The maximum atomic E-state index is 11.9. The maximum absolute atomic E-state index is 11.9. The van der Waals surface area contributed by atoms with Crippen molar-refractivity contribution in [2.75, 3.05) is 6.61 Å². The number of rotatable bonds is 6. The molecule has 0 aliphatic rings. The molecule has 1 aromatic carbocycles. The molecule has 2 N–H and O–H groups in total. The van der Waals surface area contributed by atoms with Gasteiger partial charge in [0.15, 0.2) is 0 Å². The molecule has 0 saturated heterocycles. The minimum absolute atomic E-state index is 0.0787. The van der Waals surface area contributed by atoms with Crippen LogP contribution in [0, 0.1) is 0 Å². The summed E-state index contributed by atoms with van der Waals surface area (Å²) in [5, 5.41) is 0. The van der Waals surface area contributed by atoms with E-state index in [1.54, 1.807) is 0 Å². The van der Waals surface area contributed by atoms with Crippen molar-refractivity contribution < 1.29 is 27.0 Å². The van der Waals surface area contributed by atoms with Gasteiger partial charge in [-0.05, 0) is 17.7 Å². The number of hydrogen-bond acceptors (Lipinski definition) is 3. The second-order valence-electron chi connectivity index (χ2n) is 3.15. The Balaban J connectivity index is 2.63. The molecule has 0 radical (unpaired) electrons. The zero-order valence-corrected chi connectivity index (χ0v) is 8.65. The summed E-state index contributed by atoms with van der Waals surface area (Å²) < 4.78 is 55.6. The summed E-state index contributed by atoms with van der Waals surface area (Å²) in [6, 6.07) is 4.69. The van der Waals surface area contributed by atoms with Gasteiger partial charge in [0, 0.05) is 0 Å². The van der Waals surface area contributed by atoms with Crippen molar-refractivity contribution in [3.8, 4) is 5.75 Å². The Morgan fingerprint density at radius 3 is 2.41 bits per heavy atom. The molecule has 7 heteroatoms. The lowest BCUT2D eigenvalue weighted by molar-refractivity contribution is -0.132. The van der Waals surface area contributed by atoms with Gasteiger partial charge in [-0.25, -0.2) is 0 Å². The summed E-state index contributed by atoms with van der Waals surface area (Å²) in [4.78, 5) is 0. The molecule has 0 aliphatic carbocycles. The molecule has 3 nitrogen and oxygen atoms in total. The minimum Gasteiger partial charge on any atom is -0.435 e. The predicted molar refractivity (Wildman–Crippen MR) is 52.0 cm³/mol. The van der Waals surface area contributed by atoms with E-state index in [1.807, 2.05) is 0 Å². The monoisotopic (exact) mass is 253 g/mol. The molecule has 1 unspecified atom stereocenters. The SMILES string of the molecule is NC(COC(F)F)c1cccc(OC(F)F)c1. The molecule has 0 saturated carbocycles. The van der Waals surface area contributed by atoms with E-state index in [-0.39, 0.29) is 5.75 Å². The third-order valence-electron chi connectivity index (χ3n) is 1.91. The van der Waals surface area contributed by atoms with Crippen LogP contribution in [0.2, 0.25) is 0 Å². The lowest BCUT2D eigenvalue weighted by Gasteiger charge is -2.13. The largest absolute Gasteiger partial charge is 0.435 e. The van der Waals surface area contributed by atoms with Crippen molar-refractivity contribution in [1.82, 2.24) is 0 Å². The van der Waals surface area contributed by atoms with Crippen molar-refractivity contribution in [2.45, 2.75) is 19.3 Å². The highest BCUT2D eigenvalue weighted by atomic mass is 19.3. The molecule has 0 amide bonds. The van der Waals surface area contributed by atoms with Crippen molar-refractivity contribution >= 4 is 0 Å². The Morgan fingerprint density at radius 1 is 1.12 bits per heavy atom. The quantitative estimate of drug-likeness (QED) is 0.792. The third-order valence-corrected chi connectivity index (χ3v) is 1.91. The van der Waals surface area contributed by atoms with Gasteiger partial charge in [-0.2, -0.15) is 17.6 Å². The first kappa shape index (κ1) is 13.7. The van der Waals surface area contributed by atoms with E-state index in [2.05, 4.69) is 9.47 Å². The molecule has 0 aliphatic heterocycles. The zero-order chi connectivity index (χ0) is 12.8. The topological polar surface area (TPSA) is 44.5 Å². The predicted octanol–water partition coefficient (Wildman–Crippen LogP) is 2.53. The Kier molecular flexibility index (Phi) is 5.17. The highest BCUT2D eigenvalue weighted by molar-refractivity contribution is 5.30. The Bertz CT molecular complexity index is 349. The Labute approximate surface area is 95.1 Å². The normalized spacial score (nSPS) is 13.1. The zero-order valence-electron chi connectivity index (χ0n) is 8.65. The standard InChI is InChI=1S/C10H11F4NO2/c11-9(12)16-5-8(15)6-2-1-3-7(4-6)17-10(13)14/h1-4,8-10H,5,15H2. The van der Waals surface area contributed by atoms with E-state index in [0.29, 0.717) is 5.56 Å². The number of ether oxygens (including phenoxy) is 2. The van der Waals surface area contributed by atoms with Crippen LogP contribution >= 0.6 is 0 Å². The molecular weight excluding hydrogens is 242 g/mol. The van der Waals surface area contributed by atoms with Gasteiger partial charge in [0.25, 0.3) is 0 Å². The van der Waals surface area contributed by atoms with Gasteiger partial charge in [-0.15, -0.1) is 0 Å². The maximum Gasteiger partial charge on any atom is 0.387 e. The minimum atomic E-state index is -2.95. The van der Waals surface area contributed by atoms with Crippen LogP contribution < -0.4 is 10.5 Å². The van der Waals surface area contributed by atoms with E-state index in [9.17, 15) is 17.6 Å². The number of halogens is 4. The molecule has 0 aromatic heterocycles. The molecule has 0 fully saturated rings. The summed E-state index contributed by atoms with van der Waals surface area (Å²) in [5.41, 5.74) is 5.92. The lowest BCUT2D eigenvalue weighted by Crippen LogP contribution is -2.19. The summed E-state index contributed by atoms with van der Waals surface area (Å²) in [6.45, 7) is -6.27. The highest BCUT2D eigenvalue weighted by Gasteiger charge is 2.12. The highest BCUT2D eigenvalue weighted by Crippen LogP contribution is 2.20. The lowest BCUT2D eigenvalue weighted by atomic mass is 10.1. The molecule has 0 spiro atoms. The van der Waals surface area contributed by atoms with Gasteiger partial charge >= 0.3 is 13.2 Å². The van der Waals surface area contributed by atoms with Crippen LogP contribution in [0.4, 0.5) is 17.6 Å². The van der Waals surface area contributed by atoms with Crippen LogP contribution in [0.3, 0.4) is 0 Å². The second-order valence-corrected chi connectivity index (χ2v) is 3.15. The van der Waals surface area contributed by atoms with Crippen LogP contribution in [-0.4, -0.2) is 19.8 Å². The van der Waals surface area contributed by atoms with E-state index in [1.165, 1.54) is 24.3 Å². The average Bonchev–Trinajstić information content (AvgIpc) is 2.25. The van der Waals surface area contributed by atoms with Crippen LogP contribution in [0.1, 0.15) is 11.6 Å². The van der Waals surface area contributed by atoms with Gasteiger partial charge in [0.1, 0.15) is 5.75 Å². The fourth-order valence-corrected chi connectivity index (χ4v) is 1.19. The van der Waals surface area contributed by atoms with Crippen molar-refractivity contribution in [1.29, 1.82) is 0 Å². The van der Waals surface area contributed by atoms with E-state index >= 15 is 0 Å². The third kappa shape index (κ3) is 5.01. The molecule has 1 rings (SSSR count). The number of hydrogen-bond donors (Lipinski definition) is 1. The van der Waals surface area contributed by atoms with Crippen molar-refractivity contribution in [3.63, 3.8) is 0 Å². The fourth-order valence-electron chi connectivity index (χ4n) is 1.19. The summed E-state index contributed by atoms with van der Waals surface area (Å²) >= 11 is 0. The van der Waals surface area contributed by atoms with Crippen molar-refractivity contribution in [3.05, 3.63) is 29.8 Å². The average molecular weight is 253 g/mol.